The number of carbonyl (C=O) groups excluding carboxylic acids is 1. The van der Waals surface area contributed by atoms with E-state index >= 15 is 0 Å². The predicted molar refractivity (Wildman–Crippen MR) is 126 cm³/mol. The molecule has 9 nitrogen and oxygen atoms in total. The van der Waals surface area contributed by atoms with Gasteiger partial charge < -0.3 is 20.4 Å². The minimum absolute atomic E-state index is 0.179. The lowest BCUT2D eigenvalue weighted by Crippen LogP contribution is -2.42. The van der Waals surface area contributed by atoms with Gasteiger partial charge in [-0.3, -0.25) is 4.79 Å². The Hall–Kier alpha value is -3.60. The lowest BCUT2D eigenvalue weighted by atomic mass is 9.81. The Morgan fingerprint density at radius 3 is 2.89 bits per heavy atom. The van der Waals surface area contributed by atoms with E-state index in [-0.39, 0.29) is 31.2 Å². The van der Waals surface area contributed by atoms with Gasteiger partial charge >= 0.3 is 0 Å². The summed E-state index contributed by atoms with van der Waals surface area (Å²) in [5, 5.41) is 11.3. The third kappa shape index (κ3) is 4.31. The normalized spacial score (nSPS) is 18.6. The number of carbonyl (C=O) groups is 1. The van der Waals surface area contributed by atoms with Crippen molar-refractivity contribution in [1.82, 2.24) is 29.9 Å². The van der Waals surface area contributed by atoms with Gasteiger partial charge in [-0.05, 0) is 36.5 Å². The highest BCUT2D eigenvalue weighted by Crippen LogP contribution is 2.41. The first kappa shape index (κ1) is 21.9. The molecule has 1 aliphatic carbocycles. The van der Waals surface area contributed by atoms with Crippen LogP contribution in [0.15, 0.2) is 36.9 Å². The van der Waals surface area contributed by atoms with Crippen LogP contribution in [0.25, 0.3) is 27.7 Å². The second-order valence-electron chi connectivity index (χ2n) is 9.33. The Morgan fingerprint density at radius 1 is 1.26 bits per heavy atom. The smallest absolute Gasteiger partial charge is 0.255 e. The van der Waals surface area contributed by atoms with Gasteiger partial charge in [0.1, 0.15) is 5.65 Å². The molecule has 0 unspecified atom stereocenters. The van der Waals surface area contributed by atoms with Crippen molar-refractivity contribution in [2.24, 2.45) is 5.92 Å². The highest BCUT2D eigenvalue weighted by Gasteiger charge is 2.45. The fourth-order valence-electron chi connectivity index (χ4n) is 4.82. The first-order valence-electron chi connectivity index (χ1n) is 11.8. The largest absolute Gasteiger partial charge is 0.381 e. The summed E-state index contributed by atoms with van der Waals surface area (Å²) in [7, 11) is 0. The molecule has 1 aliphatic heterocycles. The first-order valence-corrected chi connectivity index (χ1v) is 11.8. The number of rotatable bonds is 6. The zero-order valence-electron chi connectivity index (χ0n) is 18.9. The number of hydrogen-bond acceptors (Lipinski definition) is 6. The van der Waals surface area contributed by atoms with Crippen LogP contribution in [0, 0.1) is 5.92 Å². The third-order valence-electron chi connectivity index (χ3n) is 6.79. The molecule has 0 spiro atoms. The number of alkyl halides is 2. The van der Waals surface area contributed by atoms with Gasteiger partial charge in [0, 0.05) is 68.2 Å². The number of aromatic amines is 1. The average Bonchev–Trinajstić information content (AvgIpc) is 3.45. The van der Waals surface area contributed by atoms with Crippen LogP contribution in [-0.4, -0.2) is 62.2 Å². The third-order valence-corrected chi connectivity index (χ3v) is 6.79. The number of ether oxygens (including phenoxy) is 1. The van der Waals surface area contributed by atoms with Crippen molar-refractivity contribution in [3.63, 3.8) is 0 Å². The van der Waals surface area contributed by atoms with E-state index in [2.05, 4.69) is 30.7 Å². The van der Waals surface area contributed by atoms with Crippen molar-refractivity contribution < 1.29 is 18.3 Å². The molecule has 1 saturated heterocycles. The van der Waals surface area contributed by atoms with Gasteiger partial charge in [0.05, 0.1) is 17.3 Å². The van der Waals surface area contributed by atoms with Crippen molar-refractivity contribution in [1.29, 1.82) is 0 Å². The van der Waals surface area contributed by atoms with Gasteiger partial charge in [-0.2, -0.15) is 10.1 Å². The fourth-order valence-corrected chi connectivity index (χ4v) is 4.82. The minimum Gasteiger partial charge on any atom is -0.381 e. The maximum absolute atomic E-state index is 13.1. The number of fused-ring (bicyclic) bond motifs is 2. The molecule has 6 rings (SSSR count). The number of nitrogens with one attached hydrogen (secondary N) is 3. The van der Waals surface area contributed by atoms with Crippen LogP contribution in [0.1, 0.15) is 36.0 Å². The molecule has 2 fully saturated rings. The quantitative estimate of drug-likeness (QED) is 0.388. The molecule has 5 heterocycles. The first-order chi connectivity index (χ1) is 16.9. The van der Waals surface area contributed by atoms with E-state index in [0.29, 0.717) is 28.7 Å². The molecule has 35 heavy (non-hydrogen) atoms. The Kier molecular flexibility index (Phi) is 5.36. The Morgan fingerprint density at radius 2 is 2.09 bits per heavy atom. The SMILES string of the molecule is O=C(NCC1CC(F)(F)C1)c1cnn2ccc(-c3c[nH]c4nc(NC5CCOCC5)ncc34)cc12. The van der Waals surface area contributed by atoms with Gasteiger partial charge in [-0.1, -0.05) is 0 Å². The van der Waals surface area contributed by atoms with Crippen molar-refractivity contribution in [3.05, 3.63) is 42.5 Å². The summed E-state index contributed by atoms with van der Waals surface area (Å²) in [4.78, 5) is 25.1. The number of nitrogens with zero attached hydrogens (tertiary/aromatic N) is 4. The van der Waals surface area contributed by atoms with Crippen molar-refractivity contribution in [2.75, 3.05) is 25.1 Å². The maximum atomic E-state index is 13.1. The monoisotopic (exact) mass is 481 g/mol. The van der Waals surface area contributed by atoms with E-state index in [1.54, 1.807) is 16.9 Å². The van der Waals surface area contributed by atoms with E-state index in [1.807, 2.05) is 18.3 Å². The molecular formula is C24H25F2N7O2. The summed E-state index contributed by atoms with van der Waals surface area (Å²) >= 11 is 0. The molecule has 182 valence electrons. The van der Waals surface area contributed by atoms with Gasteiger partial charge in [-0.25, -0.2) is 18.3 Å². The predicted octanol–water partition coefficient (Wildman–Crippen LogP) is 3.64. The zero-order chi connectivity index (χ0) is 24.0. The van der Waals surface area contributed by atoms with E-state index in [4.69, 9.17) is 4.74 Å². The zero-order valence-corrected chi connectivity index (χ0v) is 18.9. The number of anilines is 1. The van der Waals surface area contributed by atoms with Gasteiger partial charge in [-0.15, -0.1) is 0 Å². The minimum atomic E-state index is -2.60. The van der Waals surface area contributed by atoms with Crippen LogP contribution >= 0.6 is 0 Å². The van der Waals surface area contributed by atoms with E-state index < -0.39 is 5.92 Å². The molecule has 0 aromatic carbocycles. The van der Waals surface area contributed by atoms with Crippen LogP contribution in [0.3, 0.4) is 0 Å². The topological polar surface area (TPSA) is 109 Å². The maximum Gasteiger partial charge on any atom is 0.255 e. The van der Waals surface area contributed by atoms with Crippen LogP contribution in [-0.2, 0) is 4.74 Å². The van der Waals surface area contributed by atoms with Gasteiger partial charge in [0.15, 0.2) is 0 Å². The molecule has 3 N–H and O–H groups in total. The summed E-state index contributed by atoms with van der Waals surface area (Å²) in [5.41, 5.74) is 3.53. The highest BCUT2D eigenvalue weighted by atomic mass is 19.3. The van der Waals surface area contributed by atoms with Crippen molar-refractivity contribution >= 4 is 28.4 Å². The molecule has 1 saturated carbocycles. The average molecular weight is 482 g/mol. The van der Waals surface area contributed by atoms with Crippen molar-refractivity contribution in [3.8, 4) is 11.1 Å². The standard InChI is InChI=1S/C24H25F2N7O2/c25-24(26)8-14(9-24)10-28-22(34)19-13-30-33-4-1-15(7-20(19)33)17-11-27-21-18(17)12-29-23(32-21)31-16-2-5-35-6-3-16/h1,4,7,11-14,16H,2-3,5-6,8-10H2,(H,28,34)(H2,27,29,31,32). The van der Waals surface area contributed by atoms with E-state index in [0.717, 1.165) is 42.6 Å². The molecule has 2 aliphatic rings. The number of hydrogen-bond donors (Lipinski definition) is 3. The molecular weight excluding hydrogens is 456 g/mol. The lowest BCUT2D eigenvalue weighted by Gasteiger charge is -2.34. The van der Waals surface area contributed by atoms with Crippen LogP contribution < -0.4 is 10.6 Å². The summed E-state index contributed by atoms with van der Waals surface area (Å²) in [5.74, 6) is -2.53. The van der Waals surface area contributed by atoms with E-state index in [9.17, 15) is 13.6 Å². The molecule has 4 aromatic heterocycles. The summed E-state index contributed by atoms with van der Waals surface area (Å²) < 4.78 is 33.2. The number of halogens is 2. The summed E-state index contributed by atoms with van der Waals surface area (Å²) in [6.07, 6.45) is 8.43. The van der Waals surface area contributed by atoms with Crippen LogP contribution in [0.5, 0.6) is 0 Å². The van der Waals surface area contributed by atoms with E-state index in [1.165, 1.54) is 6.20 Å². The molecule has 0 atom stereocenters. The number of aromatic nitrogens is 5. The fraction of sp³-hybridized carbons (Fsp3) is 0.417. The van der Waals surface area contributed by atoms with Crippen molar-refractivity contribution in [2.45, 2.75) is 37.6 Å². The number of pyridine rings is 1. The van der Waals surface area contributed by atoms with Gasteiger partial charge in [0.2, 0.25) is 11.9 Å². The highest BCUT2D eigenvalue weighted by molar-refractivity contribution is 6.02. The molecule has 0 bridgehead atoms. The van der Waals surface area contributed by atoms with Gasteiger partial charge in [0.25, 0.3) is 5.91 Å². The lowest BCUT2D eigenvalue weighted by molar-refractivity contribution is -0.108. The summed E-state index contributed by atoms with van der Waals surface area (Å²) in [6.45, 7) is 1.70. The number of H-pyrrole nitrogens is 1. The van der Waals surface area contributed by atoms with Crippen LogP contribution in [0.4, 0.5) is 14.7 Å². The Bertz CT molecular complexity index is 1390. The molecule has 1 amide bonds. The Balaban J connectivity index is 1.22. The second-order valence-corrected chi connectivity index (χ2v) is 9.33. The van der Waals surface area contributed by atoms with Crippen LogP contribution in [0.2, 0.25) is 0 Å². The molecule has 4 aromatic rings. The Labute approximate surface area is 199 Å². The second kappa shape index (κ2) is 8.56. The molecule has 11 heteroatoms. The number of amides is 1. The summed E-state index contributed by atoms with van der Waals surface area (Å²) in [6, 6.07) is 4.09. The molecule has 0 radical (unpaired) electrons.